The molecule has 0 aliphatic carbocycles. The van der Waals surface area contributed by atoms with E-state index in [-0.39, 0.29) is 5.78 Å². The number of pyridine rings is 1. The predicted octanol–water partition coefficient (Wildman–Crippen LogP) is 14.8. The number of anilines is 1. The Morgan fingerprint density at radius 3 is 1.65 bits per heavy atom. The largest absolute Gasteiger partial charge is 0.508 e. The number of carbonyl (C=O) groups excluding carboxylic acids is 3. The Bertz CT molecular complexity index is 1220. The summed E-state index contributed by atoms with van der Waals surface area (Å²) in [6, 6.07) is 21.5. The lowest BCUT2D eigenvalue weighted by Gasteiger charge is -2.15. The molecule has 0 spiro atoms. The van der Waals surface area contributed by atoms with Gasteiger partial charge >= 0.3 is 0 Å². The van der Waals surface area contributed by atoms with Crippen LogP contribution in [0.4, 0.5) is 5.82 Å². The van der Waals surface area contributed by atoms with Crippen molar-refractivity contribution in [1.82, 2.24) is 9.88 Å². The zero-order valence-corrected chi connectivity index (χ0v) is 42.0. The van der Waals surface area contributed by atoms with Crippen molar-refractivity contribution in [2.24, 2.45) is 11.8 Å². The number of likely N-dealkylation sites (N-methyl/N-ethyl adjacent to an activating group) is 1. The number of carbonyl (C=O) groups is 3. The van der Waals surface area contributed by atoms with Gasteiger partial charge in [-0.2, -0.15) is 0 Å². The van der Waals surface area contributed by atoms with E-state index in [0.717, 1.165) is 51.0 Å². The van der Waals surface area contributed by atoms with Crippen LogP contribution in [0.2, 0.25) is 0 Å². The second kappa shape index (κ2) is 61.6. The normalized spacial score (nSPS) is 9.68. The fourth-order valence-corrected chi connectivity index (χ4v) is 4.32. The number of aryl methyl sites for hydroxylation is 3. The monoisotopic (exact) mass is 840 g/mol. The molecule has 3 aromatic rings. The first-order valence-electron chi connectivity index (χ1n) is 22.9. The van der Waals surface area contributed by atoms with Gasteiger partial charge in [0, 0.05) is 19.2 Å². The van der Waals surface area contributed by atoms with Crippen LogP contribution < -0.4 is 5.73 Å². The molecule has 0 saturated heterocycles. The number of aromatic nitrogens is 1. The maximum atomic E-state index is 10.6. The van der Waals surface area contributed by atoms with Gasteiger partial charge in [-0.3, -0.25) is 9.69 Å². The number of hydrogen-bond acceptors (Lipinski definition) is 7. The summed E-state index contributed by atoms with van der Waals surface area (Å²) in [6.45, 7) is 40.8. The van der Waals surface area contributed by atoms with Crippen molar-refractivity contribution in [2.75, 3.05) is 25.4 Å². The Hall–Kier alpha value is -4.10. The molecule has 2 atom stereocenters. The number of phenolic OH excluding ortho intramolecular Hbond substituents is 1. The minimum absolute atomic E-state index is 0.212. The Morgan fingerprint density at radius 2 is 1.33 bits per heavy atom. The first-order chi connectivity index (χ1) is 28.9. The highest BCUT2D eigenvalue weighted by molar-refractivity contribution is 5.77. The number of phenols is 1. The van der Waals surface area contributed by atoms with Gasteiger partial charge in [0.2, 0.25) is 0 Å². The molecule has 0 amide bonds. The number of hydrogen-bond donors (Lipinski definition) is 2. The first-order valence-corrected chi connectivity index (χ1v) is 22.9. The van der Waals surface area contributed by atoms with Crippen molar-refractivity contribution < 1.29 is 19.5 Å². The molecule has 60 heavy (non-hydrogen) atoms. The van der Waals surface area contributed by atoms with Crippen LogP contribution in [0, 0.1) is 18.8 Å². The van der Waals surface area contributed by atoms with Crippen LogP contribution in [0.5, 0.6) is 5.75 Å². The average Bonchev–Trinajstić information content (AvgIpc) is 3.29. The molecule has 348 valence electrons. The standard InChI is InChI=1S/C10H16N2.C8H15NO.C8H10.C7H8O.C7H16.C6H12O.3C2H6.CH2O/c1-2-3-4-6-9-7-5-8-12-10(9)11;1-4-6-9(5-2)7-8(3)10;1-2-8-6-4-3-5-7-8;1-6-2-4-7(8)5-3-6;1-4-6-7(3)5-2;1-3-6(2)4-5-7;4*1-2/h5,7-8H,2-4,6H2,1H3,(H2,11,12);4H,1,5-7H2,2-3H3;3-7H,2H2,1H3;2-5,8H,1H3;7H,4-6H2,1-3H3;5-6H,3-4H2,1-2H3;3*1-2H3;1H2. The van der Waals surface area contributed by atoms with Gasteiger partial charge < -0.3 is 20.4 Å². The smallest absolute Gasteiger partial charge is 0.143 e. The van der Waals surface area contributed by atoms with Crippen molar-refractivity contribution >= 4 is 24.7 Å². The highest BCUT2D eigenvalue weighted by atomic mass is 16.3. The lowest BCUT2D eigenvalue weighted by atomic mass is 10.0. The van der Waals surface area contributed by atoms with Gasteiger partial charge in [-0.1, -0.05) is 196 Å². The molecule has 2 unspecified atom stereocenters. The van der Waals surface area contributed by atoms with Crippen molar-refractivity contribution in [1.29, 1.82) is 0 Å². The van der Waals surface area contributed by atoms with Crippen LogP contribution in [-0.2, 0) is 27.2 Å². The Labute approximate surface area is 373 Å². The minimum atomic E-state index is 0.212. The molecule has 7 nitrogen and oxygen atoms in total. The number of aldehydes is 1. The number of Topliss-reactive ketones (excluding diaryl/α,β-unsaturated/α-hetero) is 1. The summed E-state index contributed by atoms with van der Waals surface area (Å²) in [4.78, 5) is 34.5. The SMILES string of the molecule is C=CCN(CC)CC(C)=O.C=O.CC.CC.CC.CCC(C)CC=O.CCCC(C)CC.CCCCCc1cccnc1N.CCc1ccccc1.Cc1ccc(O)cc1. The predicted molar refractivity (Wildman–Crippen MR) is 269 cm³/mol. The number of unbranched alkanes of at least 4 members (excludes halogenated alkanes) is 2. The summed E-state index contributed by atoms with van der Waals surface area (Å²) < 4.78 is 0. The zero-order valence-electron chi connectivity index (χ0n) is 42.0. The van der Waals surface area contributed by atoms with Crippen LogP contribution in [0.1, 0.15) is 172 Å². The van der Waals surface area contributed by atoms with Gasteiger partial charge in [-0.05, 0) is 80.8 Å². The van der Waals surface area contributed by atoms with Crippen LogP contribution in [0.3, 0.4) is 0 Å². The molecule has 0 saturated carbocycles. The third-order valence-electron chi connectivity index (χ3n) is 8.22. The molecule has 0 aliphatic heterocycles. The summed E-state index contributed by atoms with van der Waals surface area (Å²) in [7, 11) is 0. The molecule has 2 aromatic carbocycles. The van der Waals surface area contributed by atoms with Gasteiger partial charge in [0.05, 0.1) is 6.54 Å². The molecule has 3 N–H and O–H groups in total. The van der Waals surface area contributed by atoms with E-state index in [4.69, 9.17) is 15.6 Å². The van der Waals surface area contributed by atoms with E-state index in [1.165, 1.54) is 55.2 Å². The number of nitrogen functional groups attached to an aromatic ring is 1. The van der Waals surface area contributed by atoms with E-state index in [1.807, 2.05) is 97.4 Å². The van der Waals surface area contributed by atoms with E-state index in [9.17, 15) is 9.59 Å². The van der Waals surface area contributed by atoms with Crippen molar-refractivity contribution in [3.05, 3.63) is 102 Å². The first kappa shape index (κ1) is 70.5. The van der Waals surface area contributed by atoms with Gasteiger partial charge in [-0.15, -0.1) is 6.58 Å². The fraction of sp³-hybridized carbons (Fsp3) is 0.585. The van der Waals surface area contributed by atoms with Crippen molar-refractivity contribution in [3.63, 3.8) is 0 Å². The van der Waals surface area contributed by atoms with Gasteiger partial charge in [-0.25, -0.2) is 4.98 Å². The number of rotatable bonds is 16. The Kier molecular flexibility index (Phi) is 72.3. The average molecular weight is 840 g/mol. The third kappa shape index (κ3) is 58.2. The molecular formula is C53H97N3O4. The second-order valence-corrected chi connectivity index (χ2v) is 13.2. The summed E-state index contributed by atoms with van der Waals surface area (Å²) in [6.07, 6.45) is 16.4. The lowest BCUT2D eigenvalue weighted by molar-refractivity contribution is -0.118. The minimum Gasteiger partial charge on any atom is -0.508 e. The number of ketones is 1. The summed E-state index contributed by atoms with van der Waals surface area (Å²) in [5.74, 6) is 2.76. The van der Waals surface area contributed by atoms with E-state index in [0.29, 0.717) is 24.0 Å². The van der Waals surface area contributed by atoms with Crippen LogP contribution in [0.15, 0.2) is 85.6 Å². The molecule has 0 aliphatic rings. The fourth-order valence-electron chi connectivity index (χ4n) is 4.32. The molecular weight excluding hydrogens is 743 g/mol. The lowest BCUT2D eigenvalue weighted by Crippen LogP contribution is -2.28. The molecule has 3 rings (SSSR count). The van der Waals surface area contributed by atoms with E-state index in [1.54, 1.807) is 25.3 Å². The second-order valence-electron chi connectivity index (χ2n) is 13.2. The Balaban J connectivity index is -0.000000110. The van der Waals surface area contributed by atoms with Crippen LogP contribution in [-0.4, -0.2) is 53.5 Å². The zero-order chi connectivity index (χ0) is 48.0. The number of nitrogens with two attached hydrogens (primary N) is 1. The van der Waals surface area contributed by atoms with Crippen molar-refractivity contribution in [3.8, 4) is 5.75 Å². The topological polar surface area (TPSA) is 114 Å². The van der Waals surface area contributed by atoms with E-state index >= 15 is 0 Å². The number of nitrogens with zero attached hydrogens (tertiary/aromatic N) is 2. The summed E-state index contributed by atoms with van der Waals surface area (Å²) in [5.41, 5.74) is 9.46. The highest BCUT2D eigenvalue weighted by Gasteiger charge is 2.01. The highest BCUT2D eigenvalue weighted by Crippen LogP contribution is 2.11. The van der Waals surface area contributed by atoms with E-state index < -0.39 is 0 Å². The van der Waals surface area contributed by atoms with Crippen LogP contribution in [0.25, 0.3) is 0 Å². The summed E-state index contributed by atoms with van der Waals surface area (Å²) >= 11 is 0. The molecule has 1 heterocycles. The van der Waals surface area contributed by atoms with Crippen LogP contribution >= 0.6 is 0 Å². The molecule has 0 bridgehead atoms. The maximum Gasteiger partial charge on any atom is 0.143 e. The van der Waals surface area contributed by atoms with E-state index in [2.05, 4.69) is 90.4 Å². The maximum absolute atomic E-state index is 10.6. The Morgan fingerprint density at radius 1 is 0.800 bits per heavy atom. The quantitative estimate of drug-likeness (QED) is 0.0839. The molecule has 7 heteroatoms. The third-order valence-corrected chi connectivity index (χ3v) is 8.22. The van der Waals surface area contributed by atoms with Gasteiger partial charge in [0.1, 0.15) is 30.4 Å². The molecule has 0 radical (unpaired) electrons. The molecule has 0 fully saturated rings. The van der Waals surface area contributed by atoms with Crippen molar-refractivity contribution in [2.45, 2.75) is 175 Å². The molecule has 1 aromatic heterocycles. The summed E-state index contributed by atoms with van der Waals surface area (Å²) in [5, 5.41) is 8.76. The van der Waals surface area contributed by atoms with Gasteiger partial charge in [0.25, 0.3) is 0 Å². The van der Waals surface area contributed by atoms with Gasteiger partial charge in [0.15, 0.2) is 0 Å². The number of aromatic hydroxyl groups is 1. The number of benzene rings is 2.